The normalized spacial score (nSPS) is 12.9. The SMILES string of the molecule is CCOC(=O)c1cc2c(s1)CCNc1ccccc1-2. The second-order valence-corrected chi connectivity index (χ2v) is 5.53. The minimum Gasteiger partial charge on any atom is -0.462 e. The van der Waals surface area contributed by atoms with E-state index in [1.165, 1.54) is 10.4 Å². The summed E-state index contributed by atoms with van der Waals surface area (Å²) in [5.74, 6) is -0.217. The van der Waals surface area contributed by atoms with Gasteiger partial charge < -0.3 is 10.1 Å². The maximum absolute atomic E-state index is 11.8. The number of anilines is 1. The quantitative estimate of drug-likeness (QED) is 0.850. The first-order chi connectivity index (χ1) is 9.29. The van der Waals surface area contributed by atoms with Gasteiger partial charge >= 0.3 is 5.97 Å². The van der Waals surface area contributed by atoms with E-state index in [1.807, 2.05) is 25.1 Å². The average molecular weight is 273 g/mol. The second kappa shape index (κ2) is 5.05. The van der Waals surface area contributed by atoms with E-state index < -0.39 is 0 Å². The Bertz CT molecular complexity index is 618. The molecule has 2 aromatic rings. The first-order valence-corrected chi connectivity index (χ1v) is 7.24. The van der Waals surface area contributed by atoms with Crippen molar-refractivity contribution in [3.63, 3.8) is 0 Å². The Hall–Kier alpha value is -1.81. The zero-order chi connectivity index (χ0) is 13.2. The van der Waals surface area contributed by atoms with Crippen molar-refractivity contribution >= 4 is 23.0 Å². The molecule has 0 saturated carbocycles. The third-order valence-electron chi connectivity index (χ3n) is 3.17. The van der Waals surface area contributed by atoms with Crippen LogP contribution in [0.5, 0.6) is 0 Å². The summed E-state index contributed by atoms with van der Waals surface area (Å²) >= 11 is 1.55. The monoisotopic (exact) mass is 273 g/mol. The Balaban J connectivity index is 2.06. The number of ether oxygens (including phenoxy) is 1. The van der Waals surface area contributed by atoms with E-state index in [1.54, 1.807) is 11.3 Å². The van der Waals surface area contributed by atoms with Crippen molar-refractivity contribution in [2.75, 3.05) is 18.5 Å². The van der Waals surface area contributed by atoms with Crippen LogP contribution in [0.25, 0.3) is 11.1 Å². The zero-order valence-corrected chi connectivity index (χ0v) is 11.5. The number of nitrogens with one attached hydrogen (secondary N) is 1. The van der Waals surface area contributed by atoms with Gasteiger partial charge in [-0.05, 0) is 31.0 Å². The van der Waals surface area contributed by atoms with Crippen LogP contribution in [-0.4, -0.2) is 19.1 Å². The number of rotatable bonds is 2. The fraction of sp³-hybridized carbons (Fsp3) is 0.267. The van der Waals surface area contributed by atoms with Crippen molar-refractivity contribution in [2.45, 2.75) is 13.3 Å². The lowest BCUT2D eigenvalue weighted by atomic mass is 10.0. The molecule has 0 fully saturated rings. The van der Waals surface area contributed by atoms with E-state index in [4.69, 9.17) is 4.74 Å². The molecule has 0 aliphatic carbocycles. The van der Waals surface area contributed by atoms with E-state index in [-0.39, 0.29) is 5.97 Å². The Morgan fingerprint density at radius 2 is 2.21 bits per heavy atom. The molecule has 98 valence electrons. The molecular formula is C15H15NO2S. The van der Waals surface area contributed by atoms with Gasteiger partial charge in [-0.3, -0.25) is 0 Å². The van der Waals surface area contributed by atoms with Crippen molar-refractivity contribution in [3.05, 3.63) is 40.1 Å². The highest BCUT2D eigenvalue weighted by molar-refractivity contribution is 7.14. The Morgan fingerprint density at radius 3 is 3.05 bits per heavy atom. The van der Waals surface area contributed by atoms with Crippen LogP contribution in [0.15, 0.2) is 30.3 Å². The van der Waals surface area contributed by atoms with Gasteiger partial charge in [-0.15, -0.1) is 11.3 Å². The van der Waals surface area contributed by atoms with Crippen molar-refractivity contribution < 1.29 is 9.53 Å². The molecule has 1 aliphatic heterocycles. The predicted octanol–water partition coefficient (Wildman–Crippen LogP) is 3.56. The third kappa shape index (κ3) is 2.24. The van der Waals surface area contributed by atoms with Crippen molar-refractivity contribution in [2.24, 2.45) is 0 Å². The van der Waals surface area contributed by atoms with Gasteiger partial charge in [0.2, 0.25) is 0 Å². The lowest BCUT2D eigenvalue weighted by Crippen LogP contribution is -2.03. The fourth-order valence-electron chi connectivity index (χ4n) is 2.33. The van der Waals surface area contributed by atoms with Gasteiger partial charge in [0.1, 0.15) is 4.88 Å². The topological polar surface area (TPSA) is 38.3 Å². The first-order valence-electron chi connectivity index (χ1n) is 6.42. The predicted molar refractivity (Wildman–Crippen MR) is 77.9 cm³/mol. The van der Waals surface area contributed by atoms with E-state index in [0.29, 0.717) is 11.5 Å². The summed E-state index contributed by atoms with van der Waals surface area (Å²) in [6, 6.07) is 10.2. The van der Waals surface area contributed by atoms with Gasteiger partial charge in [-0.25, -0.2) is 4.79 Å². The highest BCUT2D eigenvalue weighted by atomic mass is 32.1. The van der Waals surface area contributed by atoms with E-state index in [9.17, 15) is 4.79 Å². The molecule has 0 unspecified atom stereocenters. The van der Waals surface area contributed by atoms with Crippen LogP contribution < -0.4 is 5.32 Å². The van der Waals surface area contributed by atoms with Gasteiger partial charge in [0, 0.05) is 22.7 Å². The maximum atomic E-state index is 11.8. The van der Waals surface area contributed by atoms with Crippen LogP contribution in [0.2, 0.25) is 0 Å². The fourth-order valence-corrected chi connectivity index (χ4v) is 3.40. The molecule has 2 heterocycles. The summed E-state index contributed by atoms with van der Waals surface area (Å²) in [4.78, 5) is 13.8. The molecular weight excluding hydrogens is 258 g/mol. The smallest absolute Gasteiger partial charge is 0.348 e. The average Bonchev–Trinajstić information content (AvgIpc) is 2.77. The molecule has 1 N–H and O–H groups in total. The zero-order valence-electron chi connectivity index (χ0n) is 10.7. The van der Waals surface area contributed by atoms with Crippen LogP contribution >= 0.6 is 11.3 Å². The molecule has 1 aromatic heterocycles. The summed E-state index contributed by atoms with van der Waals surface area (Å²) < 4.78 is 5.08. The summed E-state index contributed by atoms with van der Waals surface area (Å²) in [6.45, 7) is 3.14. The minimum atomic E-state index is -0.217. The van der Waals surface area contributed by atoms with E-state index >= 15 is 0 Å². The molecule has 3 nitrogen and oxygen atoms in total. The van der Waals surface area contributed by atoms with E-state index in [2.05, 4.69) is 17.4 Å². The van der Waals surface area contributed by atoms with Crippen LogP contribution in [0.3, 0.4) is 0 Å². The third-order valence-corrected chi connectivity index (χ3v) is 4.35. The molecule has 0 amide bonds. The van der Waals surface area contributed by atoms with Gasteiger partial charge in [0.05, 0.1) is 6.61 Å². The standard InChI is InChI=1S/C15H15NO2S/c1-2-18-15(17)14-9-11-10-5-3-4-6-12(10)16-8-7-13(11)19-14/h3-6,9,16H,2,7-8H2,1H3. The molecule has 0 bridgehead atoms. The number of hydrogen-bond donors (Lipinski definition) is 1. The molecule has 0 spiro atoms. The summed E-state index contributed by atoms with van der Waals surface area (Å²) in [5, 5.41) is 3.42. The minimum absolute atomic E-state index is 0.217. The molecule has 1 aromatic carbocycles. The lowest BCUT2D eigenvalue weighted by molar-refractivity contribution is 0.0532. The Labute approximate surface area is 116 Å². The van der Waals surface area contributed by atoms with Crippen LogP contribution in [-0.2, 0) is 11.2 Å². The number of carbonyl (C=O) groups excluding carboxylic acids is 1. The molecule has 0 saturated heterocycles. The molecule has 3 rings (SSSR count). The number of benzene rings is 1. The van der Waals surface area contributed by atoms with Gasteiger partial charge in [0.15, 0.2) is 0 Å². The van der Waals surface area contributed by atoms with Crippen molar-refractivity contribution in [3.8, 4) is 11.1 Å². The van der Waals surface area contributed by atoms with Crippen molar-refractivity contribution in [1.82, 2.24) is 0 Å². The highest BCUT2D eigenvalue weighted by Gasteiger charge is 2.20. The number of hydrogen-bond acceptors (Lipinski definition) is 4. The molecule has 1 aliphatic rings. The molecule has 4 heteroatoms. The lowest BCUT2D eigenvalue weighted by Gasteiger charge is -2.06. The number of carbonyl (C=O) groups is 1. The summed E-state index contributed by atoms with van der Waals surface area (Å²) in [7, 11) is 0. The van der Waals surface area contributed by atoms with Crippen LogP contribution in [0.4, 0.5) is 5.69 Å². The van der Waals surface area contributed by atoms with Gasteiger partial charge in [-0.2, -0.15) is 0 Å². The van der Waals surface area contributed by atoms with E-state index in [0.717, 1.165) is 24.2 Å². The summed E-state index contributed by atoms with van der Waals surface area (Å²) in [5.41, 5.74) is 3.46. The second-order valence-electron chi connectivity index (χ2n) is 4.39. The first kappa shape index (κ1) is 12.2. The Kier molecular flexibility index (Phi) is 3.25. The number of fused-ring (bicyclic) bond motifs is 3. The van der Waals surface area contributed by atoms with Crippen LogP contribution in [0.1, 0.15) is 21.5 Å². The number of para-hydroxylation sites is 1. The highest BCUT2D eigenvalue weighted by Crippen LogP contribution is 2.38. The number of thiophene rings is 1. The molecule has 0 atom stereocenters. The largest absolute Gasteiger partial charge is 0.462 e. The van der Waals surface area contributed by atoms with Crippen LogP contribution in [0, 0.1) is 0 Å². The van der Waals surface area contributed by atoms with Gasteiger partial charge in [0.25, 0.3) is 0 Å². The Morgan fingerprint density at radius 1 is 1.37 bits per heavy atom. The maximum Gasteiger partial charge on any atom is 0.348 e. The molecule has 0 radical (unpaired) electrons. The van der Waals surface area contributed by atoms with Gasteiger partial charge in [-0.1, -0.05) is 18.2 Å². The molecule has 19 heavy (non-hydrogen) atoms. The summed E-state index contributed by atoms with van der Waals surface area (Å²) in [6.07, 6.45) is 0.939. The van der Waals surface area contributed by atoms with Crippen molar-refractivity contribution in [1.29, 1.82) is 0 Å². The number of esters is 1.